The van der Waals surface area contributed by atoms with Crippen molar-refractivity contribution in [1.82, 2.24) is 0 Å². The predicted octanol–water partition coefficient (Wildman–Crippen LogP) is 3.92. The molecule has 0 aliphatic carbocycles. The average molecular weight is 427 g/mol. The lowest BCUT2D eigenvalue weighted by molar-refractivity contribution is -0.138. The number of alkyl halides is 3. The fourth-order valence-electron chi connectivity index (χ4n) is 4.20. The summed E-state index contributed by atoms with van der Waals surface area (Å²) in [5, 5.41) is 1.61. The van der Waals surface area contributed by atoms with Gasteiger partial charge in [0.05, 0.1) is 11.3 Å². The van der Waals surface area contributed by atoms with Gasteiger partial charge in [-0.1, -0.05) is 43.3 Å². The van der Waals surface area contributed by atoms with Crippen LogP contribution < -0.4 is 16.4 Å². The number of benzene rings is 3. The van der Waals surface area contributed by atoms with E-state index in [1.807, 2.05) is 12.1 Å². The summed E-state index contributed by atoms with van der Waals surface area (Å²) in [6.07, 6.45) is -4.36. The van der Waals surface area contributed by atoms with E-state index in [-0.39, 0.29) is 28.9 Å². The van der Waals surface area contributed by atoms with Gasteiger partial charge in [-0.25, -0.2) is 0 Å². The third-order valence-electron chi connectivity index (χ3n) is 5.63. The molecule has 1 aliphatic heterocycles. The third kappa shape index (κ3) is 3.14. The summed E-state index contributed by atoms with van der Waals surface area (Å²) in [5.74, 6) is -1.69. The van der Waals surface area contributed by atoms with Gasteiger partial charge in [0.2, 0.25) is 5.91 Å². The molecule has 0 saturated heterocycles. The van der Waals surface area contributed by atoms with Crippen molar-refractivity contribution in [3.63, 3.8) is 0 Å². The number of anilines is 1. The van der Waals surface area contributed by atoms with Gasteiger partial charge in [-0.05, 0) is 41.0 Å². The summed E-state index contributed by atoms with van der Waals surface area (Å²) in [4.78, 5) is 26.4. The SMILES string of the molecule is CCCN1C(=O)C(N)(c2ccc3ccccc3c2)c2c1cc(C(N)=O)cc2C(F)(F)F. The fourth-order valence-corrected chi connectivity index (χ4v) is 4.20. The van der Waals surface area contributed by atoms with Crippen LogP contribution in [0.4, 0.5) is 18.9 Å². The monoisotopic (exact) mass is 427 g/mol. The van der Waals surface area contributed by atoms with Crippen molar-refractivity contribution in [2.24, 2.45) is 11.5 Å². The molecule has 1 unspecified atom stereocenters. The molecule has 4 rings (SSSR count). The van der Waals surface area contributed by atoms with Gasteiger partial charge in [-0.15, -0.1) is 0 Å². The molecule has 5 nitrogen and oxygen atoms in total. The highest BCUT2D eigenvalue weighted by Gasteiger charge is 2.54. The van der Waals surface area contributed by atoms with Gasteiger partial charge in [0.25, 0.3) is 5.91 Å². The number of fused-ring (bicyclic) bond motifs is 2. The third-order valence-corrected chi connectivity index (χ3v) is 5.63. The Labute approximate surface area is 176 Å². The topological polar surface area (TPSA) is 89.4 Å². The molecular weight excluding hydrogens is 407 g/mol. The first kappa shape index (κ1) is 20.9. The minimum atomic E-state index is -4.85. The molecule has 8 heteroatoms. The molecule has 0 radical (unpaired) electrons. The van der Waals surface area contributed by atoms with Gasteiger partial charge in [-0.2, -0.15) is 13.2 Å². The minimum Gasteiger partial charge on any atom is -0.366 e. The number of amides is 2. The predicted molar refractivity (Wildman–Crippen MR) is 112 cm³/mol. The molecule has 3 aromatic carbocycles. The number of rotatable bonds is 4. The zero-order valence-electron chi connectivity index (χ0n) is 16.7. The van der Waals surface area contributed by atoms with E-state index < -0.39 is 29.1 Å². The Morgan fingerprint density at radius 3 is 2.35 bits per heavy atom. The van der Waals surface area contributed by atoms with E-state index in [2.05, 4.69) is 0 Å². The second-order valence-corrected chi connectivity index (χ2v) is 7.61. The van der Waals surface area contributed by atoms with Crippen molar-refractivity contribution in [3.05, 3.63) is 76.9 Å². The molecule has 160 valence electrons. The highest BCUT2D eigenvalue weighted by molar-refractivity contribution is 6.12. The van der Waals surface area contributed by atoms with Crippen LogP contribution in [0.25, 0.3) is 10.8 Å². The Kier molecular flexibility index (Phi) is 4.77. The summed E-state index contributed by atoms with van der Waals surface area (Å²) >= 11 is 0. The maximum Gasteiger partial charge on any atom is 0.416 e. The van der Waals surface area contributed by atoms with Crippen molar-refractivity contribution in [2.75, 3.05) is 11.4 Å². The van der Waals surface area contributed by atoms with Crippen LogP contribution in [0.3, 0.4) is 0 Å². The second kappa shape index (κ2) is 7.09. The average Bonchev–Trinajstić information content (AvgIpc) is 2.95. The molecule has 4 N–H and O–H groups in total. The van der Waals surface area contributed by atoms with Crippen molar-refractivity contribution < 1.29 is 22.8 Å². The Morgan fingerprint density at radius 2 is 1.74 bits per heavy atom. The van der Waals surface area contributed by atoms with E-state index in [1.54, 1.807) is 37.3 Å². The molecule has 0 saturated carbocycles. The van der Waals surface area contributed by atoms with Crippen molar-refractivity contribution >= 4 is 28.3 Å². The number of hydrogen-bond donors (Lipinski definition) is 2. The lowest BCUT2D eigenvalue weighted by Crippen LogP contribution is -2.49. The van der Waals surface area contributed by atoms with E-state index in [0.717, 1.165) is 10.8 Å². The summed E-state index contributed by atoms with van der Waals surface area (Å²) in [6, 6.07) is 14.1. The molecular formula is C23H20F3N3O2. The van der Waals surface area contributed by atoms with Crippen LogP contribution in [0.1, 0.15) is 40.4 Å². The second-order valence-electron chi connectivity index (χ2n) is 7.61. The summed E-state index contributed by atoms with van der Waals surface area (Å²) in [7, 11) is 0. The number of halogens is 3. The molecule has 0 aromatic heterocycles. The minimum absolute atomic E-state index is 0.0360. The van der Waals surface area contributed by atoms with E-state index in [0.29, 0.717) is 12.5 Å². The first-order valence-corrected chi connectivity index (χ1v) is 9.74. The summed E-state index contributed by atoms with van der Waals surface area (Å²) in [5.41, 5.74) is 8.15. The van der Waals surface area contributed by atoms with Gasteiger partial charge < -0.3 is 16.4 Å². The molecule has 0 bridgehead atoms. The largest absolute Gasteiger partial charge is 0.416 e. The van der Waals surface area contributed by atoms with Crippen LogP contribution in [-0.4, -0.2) is 18.4 Å². The number of nitrogens with two attached hydrogens (primary N) is 2. The van der Waals surface area contributed by atoms with Gasteiger partial charge in [0, 0.05) is 17.7 Å². The summed E-state index contributed by atoms with van der Waals surface area (Å²) in [6.45, 7) is 1.94. The lowest BCUT2D eigenvalue weighted by Gasteiger charge is -2.27. The van der Waals surface area contributed by atoms with Crippen LogP contribution in [0.5, 0.6) is 0 Å². The van der Waals surface area contributed by atoms with Crippen molar-refractivity contribution in [3.8, 4) is 0 Å². The van der Waals surface area contributed by atoms with Crippen molar-refractivity contribution in [1.29, 1.82) is 0 Å². The molecule has 2 amide bonds. The first-order chi connectivity index (χ1) is 14.6. The van der Waals surface area contributed by atoms with Crippen LogP contribution in [0.15, 0.2) is 54.6 Å². The molecule has 31 heavy (non-hydrogen) atoms. The zero-order valence-corrected chi connectivity index (χ0v) is 16.7. The molecule has 3 aromatic rings. The van der Waals surface area contributed by atoms with Gasteiger partial charge in [-0.3, -0.25) is 9.59 Å². The maximum absolute atomic E-state index is 14.1. The van der Waals surface area contributed by atoms with Crippen LogP contribution in [-0.2, 0) is 16.5 Å². The number of nitrogens with zero attached hydrogens (tertiary/aromatic N) is 1. The molecule has 1 atom stereocenters. The van der Waals surface area contributed by atoms with E-state index in [9.17, 15) is 22.8 Å². The number of carbonyl (C=O) groups is 2. The lowest BCUT2D eigenvalue weighted by atomic mass is 9.81. The number of carbonyl (C=O) groups excluding carboxylic acids is 2. The van der Waals surface area contributed by atoms with Crippen LogP contribution >= 0.6 is 0 Å². The van der Waals surface area contributed by atoms with Crippen LogP contribution in [0, 0.1) is 0 Å². The maximum atomic E-state index is 14.1. The van der Waals surface area contributed by atoms with E-state index in [1.165, 1.54) is 11.0 Å². The number of primary amides is 1. The number of hydrogen-bond acceptors (Lipinski definition) is 3. The Hall–Kier alpha value is -3.39. The first-order valence-electron chi connectivity index (χ1n) is 9.74. The van der Waals surface area contributed by atoms with Crippen LogP contribution in [0.2, 0.25) is 0 Å². The van der Waals surface area contributed by atoms with Gasteiger partial charge in [0.1, 0.15) is 5.54 Å². The van der Waals surface area contributed by atoms with Gasteiger partial charge in [0.15, 0.2) is 0 Å². The van der Waals surface area contributed by atoms with E-state index >= 15 is 0 Å². The highest BCUT2D eigenvalue weighted by Crippen LogP contribution is 2.49. The highest BCUT2D eigenvalue weighted by atomic mass is 19.4. The Balaban J connectivity index is 2.07. The summed E-state index contributed by atoms with van der Waals surface area (Å²) < 4.78 is 42.3. The normalized spacial score (nSPS) is 18.5. The zero-order chi connectivity index (χ0) is 22.6. The van der Waals surface area contributed by atoms with Crippen molar-refractivity contribution in [2.45, 2.75) is 25.1 Å². The van der Waals surface area contributed by atoms with Gasteiger partial charge >= 0.3 is 6.18 Å². The fraction of sp³-hybridized carbons (Fsp3) is 0.217. The molecule has 1 aliphatic rings. The Bertz CT molecular complexity index is 1220. The standard InChI is InChI=1S/C23H20F3N3O2/c1-2-9-29-18-12-15(20(27)30)11-17(23(24,25)26)19(18)22(28,21(29)31)16-8-7-13-5-3-4-6-14(13)10-16/h3-8,10-12H,2,9,28H2,1H3,(H2,27,30). The smallest absolute Gasteiger partial charge is 0.366 e. The molecule has 0 spiro atoms. The molecule has 1 heterocycles. The quantitative estimate of drug-likeness (QED) is 0.662. The van der Waals surface area contributed by atoms with E-state index in [4.69, 9.17) is 11.5 Å². The molecule has 0 fully saturated rings. The Morgan fingerprint density at radius 1 is 1.06 bits per heavy atom.